The Balaban J connectivity index is 3.03. The van der Waals surface area contributed by atoms with Gasteiger partial charge in [0, 0.05) is 5.02 Å². The fourth-order valence-electron chi connectivity index (χ4n) is 1.80. The predicted octanol–water partition coefficient (Wildman–Crippen LogP) is 1.64. The Morgan fingerprint density at radius 3 is 2.58 bits per heavy atom. The molecule has 1 atom stereocenters. The normalized spacial score (nSPS) is 12.6. The monoisotopic (exact) mass is 302 g/mol. The molecule has 0 radical (unpaired) electrons. The number of carbonyl (C=O) groups is 1. The Morgan fingerprint density at radius 1 is 1.37 bits per heavy atom. The van der Waals surface area contributed by atoms with Crippen molar-refractivity contribution in [2.75, 3.05) is 0 Å². The van der Waals surface area contributed by atoms with E-state index in [-0.39, 0.29) is 20.9 Å². The first-order valence-corrected chi connectivity index (χ1v) is 5.95. The van der Waals surface area contributed by atoms with Crippen LogP contribution in [0.2, 0.25) is 10.0 Å². The van der Waals surface area contributed by atoms with E-state index in [4.69, 9.17) is 28.3 Å². The number of halogens is 2. The molecule has 1 aromatic heterocycles. The number of nitrogens with zero attached hydrogens (tertiary/aromatic N) is 1. The molecule has 2 N–H and O–H groups in total. The van der Waals surface area contributed by atoms with Gasteiger partial charge in [-0.05, 0) is 19.1 Å². The van der Waals surface area contributed by atoms with E-state index in [1.165, 1.54) is 19.1 Å². The summed E-state index contributed by atoms with van der Waals surface area (Å²) in [4.78, 5) is 36.6. The van der Waals surface area contributed by atoms with Crippen LogP contribution in [0.25, 0.3) is 10.9 Å². The van der Waals surface area contributed by atoms with Crippen LogP contribution < -0.4 is 11.2 Å². The first kappa shape index (κ1) is 13.6. The fraction of sp³-hybridized carbons (Fsp3) is 0.182. The van der Waals surface area contributed by atoms with Crippen molar-refractivity contribution in [3.05, 3.63) is 43.0 Å². The minimum atomic E-state index is -1.22. The molecule has 0 aliphatic rings. The van der Waals surface area contributed by atoms with Gasteiger partial charge in [0.1, 0.15) is 6.04 Å². The van der Waals surface area contributed by atoms with Gasteiger partial charge >= 0.3 is 11.7 Å². The van der Waals surface area contributed by atoms with Crippen molar-refractivity contribution < 1.29 is 9.90 Å². The summed E-state index contributed by atoms with van der Waals surface area (Å²) >= 11 is 11.7. The molecule has 8 heteroatoms. The third kappa shape index (κ3) is 2.24. The third-order valence-electron chi connectivity index (χ3n) is 2.70. The summed E-state index contributed by atoms with van der Waals surface area (Å²) in [6.07, 6.45) is 0. The number of fused-ring (bicyclic) bond motifs is 1. The smallest absolute Gasteiger partial charge is 0.329 e. The van der Waals surface area contributed by atoms with E-state index in [0.29, 0.717) is 0 Å². The highest BCUT2D eigenvalue weighted by Crippen LogP contribution is 2.25. The van der Waals surface area contributed by atoms with Gasteiger partial charge in [0.2, 0.25) is 0 Å². The molecule has 6 nitrogen and oxygen atoms in total. The molecular weight excluding hydrogens is 295 g/mol. The fourth-order valence-corrected chi connectivity index (χ4v) is 2.37. The van der Waals surface area contributed by atoms with E-state index >= 15 is 0 Å². The van der Waals surface area contributed by atoms with Gasteiger partial charge < -0.3 is 5.11 Å². The summed E-state index contributed by atoms with van der Waals surface area (Å²) < 4.78 is 0.927. The van der Waals surface area contributed by atoms with Gasteiger partial charge in [-0.25, -0.2) is 9.59 Å². The Hall–Kier alpha value is -1.79. The number of aliphatic carboxylic acids is 1. The van der Waals surface area contributed by atoms with Crippen molar-refractivity contribution >= 4 is 40.1 Å². The van der Waals surface area contributed by atoms with E-state index in [0.717, 1.165) is 4.57 Å². The van der Waals surface area contributed by atoms with Gasteiger partial charge in [-0.3, -0.25) is 14.3 Å². The number of benzene rings is 1. The maximum Gasteiger partial charge on any atom is 0.329 e. The molecule has 0 saturated carbocycles. The quantitative estimate of drug-likeness (QED) is 0.882. The largest absolute Gasteiger partial charge is 0.480 e. The standard InChI is InChI=1S/C11H8Cl2N2O4/c1-4(10(17)18)15-7-3-5(12)2-6(13)8(7)9(16)14-11(15)19/h2-4H,1H3,(H,17,18)(H,14,16,19). The SMILES string of the molecule is CC(C(=O)O)n1c(=O)[nH]c(=O)c2c(Cl)cc(Cl)cc21. The minimum Gasteiger partial charge on any atom is -0.480 e. The Kier molecular flexibility index (Phi) is 3.38. The first-order chi connectivity index (χ1) is 8.82. The maximum atomic E-state index is 11.8. The van der Waals surface area contributed by atoms with Crippen molar-refractivity contribution in [3.63, 3.8) is 0 Å². The lowest BCUT2D eigenvalue weighted by atomic mass is 10.2. The Bertz CT molecular complexity index is 794. The van der Waals surface area contributed by atoms with E-state index in [2.05, 4.69) is 0 Å². The average molecular weight is 303 g/mol. The number of hydrogen-bond donors (Lipinski definition) is 2. The number of nitrogens with one attached hydrogen (secondary N) is 1. The Labute approximate surface area is 116 Å². The van der Waals surface area contributed by atoms with Gasteiger partial charge in [0.25, 0.3) is 5.56 Å². The van der Waals surface area contributed by atoms with Crippen LogP contribution in [0.4, 0.5) is 0 Å². The number of rotatable bonds is 2. The molecular formula is C11H8Cl2N2O4. The van der Waals surface area contributed by atoms with Crippen LogP contribution in [0.1, 0.15) is 13.0 Å². The number of aromatic amines is 1. The molecule has 0 fully saturated rings. The van der Waals surface area contributed by atoms with Crippen molar-refractivity contribution in [2.45, 2.75) is 13.0 Å². The molecule has 100 valence electrons. The first-order valence-electron chi connectivity index (χ1n) is 5.19. The van der Waals surface area contributed by atoms with Gasteiger partial charge in [-0.15, -0.1) is 0 Å². The van der Waals surface area contributed by atoms with E-state index < -0.39 is 23.3 Å². The van der Waals surface area contributed by atoms with Crippen LogP contribution in [0.15, 0.2) is 21.7 Å². The zero-order valence-electron chi connectivity index (χ0n) is 9.61. The maximum absolute atomic E-state index is 11.8. The molecule has 0 amide bonds. The zero-order valence-corrected chi connectivity index (χ0v) is 11.1. The number of H-pyrrole nitrogens is 1. The van der Waals surface area contributed by atoms with Gasteiger partial charge in [0.05, 0.1) is 15.9 Å². The topological polar surface area (TPSA) is 92.2 Å². The second kappa shape index (κ2) is 4.71. The highest BCUT2D eigenvalue weighted by atomic mass is 35.5. The molecule has 2 aromatic rings. The predicted molar refractivity (Wildman–Crippen MR) is 71.2 cm³/mol. The minimum absolute atomic E-state index is 0.0266. The lowest BCUT2D eigenvalue weighted by Gasteiger charge is -2.14. The summed E-state index contributed by atoms with van der Waals surface area (Å²) in [7, 11) is 0. The summed E-state index contributed by atoms with van der Waals surface area (Å²) in [6, 6.07) is 1.51. The molecule has 19 heavy (non-hydrogen) atoms. The second-order valence-corrected chi connectivity index (χ2v) is 4.77. The molecule has 1 heterocycles. The lowest BCUT2D eigenvalue weighted by molar-refractivity contribution is -0.140. The van der Waals surface area contributed by atoms with E-state index in [9.17, 15) is 14.4 Å². The average Bonchev–Trinajstić information content (AvgIpc) is 2.26. The third-order valence-corrected chi connectivity index (χ3v) is 3.22. The molecule has 0 spiro atoms. The van der Waals surface area contributed by atoms with Crippen LogP contribution in [0.5, 0.6) is 0 Å². The molecule has 1 aromatic carbocycles. The van der Waals surface area contributed by atoms with Crippen molar-refractivity contribution in [1.29, 1.82) is 0 Å². The lowest BCUT2D eigenvalue weighted by Crippen LogP contribution is -2.34. The number of aromatic nitrogens is 2. The van der Waals surface area contributed by atoms with E-state index in [1.54, 1.807) is 0 Å². The van der Waals surface area contributed by atoms with Crippen LogP contribution >= 0.6 is 23.2 Å². The number of carboxylic acid groups (broad SMARTS) is 1. The second-order valence-electron chi connectivity index (χ2n) is 3.93. The van der Waals surface area contributed by atoms with Crippen LogP contribution in [-0.4, -0.2) is 20.6 Å². The molecule has 0 aliphatic heterocycles. The summed E-state index contributed by atoms with van der Waals surface area (Å²) in [6.45, 7) is 1.32. The van der Waals surface area contributed by atoms with E-state index in [1.807, 2.05) is 4.98 Å². The summed E-state index contributed by atoms with van der Waals surface area (Å²) in [5, 5.41) is 9.29. The Morgan fingerprint density at radius 2 is 2.00 bits per heavy atom. The molecule has 0 aliphatic carbocycles. The van der Waals surface area contributed by atoms with Crippen LogP contribution in [-0.2, 0) is 4.79 Å². The summed E-state index contributed by atoms with van der Waals surface area (Å²) in [5.74, 6) is -1.22. The summed E-state index contributed by atoms with van der Waals surface area (Å²) in [5.41, 5.74) is -1.43. The van der Waals surface area contributed by atoms with Crippen molar-refractivity contribution in [3.8, 4) is 0 Å². The highest BCUT2D eigenvalue weighted by Gasteiger charge is 2.20. The van der Waals surface area contributed by atoms with Crippen LogP contribution in [0, 0.1) is 0 Å². The molecule has 2 rings (SSSR count). The molecule has 0 saturated heterocycles. The number of hydrogen-bond acceptors (Lipinski definition) is 3. The van der Waals surface area contributed by atoms with Gasteiger partial charge in [-0.1, -0.05) is 23.2 Å². The molecule has 0 bridgehead atoms. The van der Waals surface area contributed by atoms with Gasteiger partial charge in [-0.2, -0.15) is 0 Å². The van der Waals surface area contributed by atoms with Crippen molar-refractivity contribution in [1.82, 2.24) is 9.55 Å². The van der Waals surface area contributed by atoms with Gasteiger partial charge in [0.15, 0.2) is 0 Å². The highest BCUT2D eigenvalue weighted by molar-refractivity contribution is 6.38. The molecule has 1 unspecified atom stereocenters. The van der Waals surface area contributed by atoms with Crippen LogP contribution in [0.3, 0.4) is 0 Å². The number of carboxylic acids is 1. The van der Waals surface area contributed by atoms with Crippen molar-refractivity contribution in [2.24, 2.45) is 0 Å². The zero-order chi connectivity index (χ0) is 14.3.